The van der Waals surface area contributed by atoms with Crippen molar-refractivity contribution in [3.8, 4) is 0 Å². The highest BCUT2D eigenvalue weighted by Gasteiger charge is 2.10. The molecule has 0 atom stereocenters. The fourth-order valence-electron chi connectivity index (χ4n) is 1.27. The minimum Gasteiger partial charge on any atom is -0.316 e. The molecule has 0 fully saturated rings. The Morgan fingerprint density at radius 1 is 1.35 bits per heavy atom. The molecule has 0 aliphatic heterocycles. The summed E-state index contributed by atoms with van der Waals surface area (Å²) in [5.74, 6) is -0.451. The predicted octanol–water partition coefficient (Wildman–Crippen LogP) is 1.49. The molecule has 4 nitrogen and oxygen atoms in total. The molecule has 6 heteroatoms. The number of nitrogens with one attached hydrogen (secondary N) is 2. The molecule has 0 radical (unpaired) electrons. The first-order valence-electron chi connectivity index (χ1n) is 5.42. The standard InChI is InChI=1S/C11H17FN2O2S/c1-3-13-6-7-17(15,16)14-10-5-4-9(2)11(12)8-10/h4-5,8,13-14H,3,6-7H2,1-2H3. The molecule has 0 aromatic heterocycles. The Morgan fingerprint density at radius 3 is 2.65 bits per heavy atom. The normalized spacial score (nSPS) is 11.5. The summed E-state index contributed by atoms with van der Waals surface area (Å²) in [7, 11) is -3.42. The van der Waals surface area contributed by atoms with Gasteiger partial charge in [0.15, 0.2) is 0 Å². The van der Waals surface area contributed by atoms with E-state index < -0.39 is 15.8 Å². The van der Waals surface area contributed by atoms with Gasteiger partial charge in [-0.15, -0.1) is 0 Å². The van der Waals surface area contributed by atoms with E-state index in [1.807, 2.05) is 6.92 Å². The lowest BCUT2D eigenvalue weighted by Crippen LogP contribution is -2.26. The molecule has 0 saturated heterocycles. The van der Waals surface area contributed by atoms with E-state index >= 15 is 0 Å². The van der Waals surface area contributed by atoms with Crippen molar-refractivity contribution in [2.24, 2.45) is 0 Å². The smallest absolute Gasteiger partial charge is 0.233 e. The Morgan fingerprint density at radius 2 is 2.06 bits per heavy atom. The maximum atomic E-state index is 13.2. The SMILES string of the molecule is CCNCCS(=O)(=O)Nc1ccc(C)c(F)c1. The van der Waals surface area contributed by atoms with Crippen molar-refractivity contribution in [3.05, 3.63) is 29.6 Å². The first-order chi connectivity index (χ1) is 7.94. The third-order valence-electron chi connectivity index (χ3n) is 2.24. The fourth-order valence-corrected chi connectivity index (χ4v) is 2.27. The molecule has 1 aromatic carbocycles. The molecule has 1 aromatic rings. The molecular weight excluding hydrogens is 243 g/mol. The number of rotatable bonds is 6. The molecule has 17 heavy (non-hydrogen) atoms. The Balaban J connectivity index is 2.66. The Kier molecular flexibility index (Phi) is 4.89. The van der Waals surface area contributed by atoms with Crippen LogP contribution in [0.1, 0.15) is 12.5 Å². The lowest BCUT2D eigenvalue weighted by Gasteiger charge is -2.08. The highest BCUT2D eigenvalue weighted by Crippen LogP contribution is 2.14. The first kappa shape index (κ1) is 13.9. The minimum absolute atomic E-state index is 0.0314. The van der Waals surface area contributed by atoms with Crippen molar-refractivity contribution >= 4 is 15.7 Å². The molecule has 0 bridgehead atoms. The average Bonchev–Trinajstić information content (AvgIpc) is 2.23. The van der Waals surface area contributed by atoms with E-state index in [4.69, 9.17) is 0 Å². The van der Waals surface area contributed by atoms with Crippen LogP contribution in [0, 0.1) is 12.7 Å². The molecule has 1 rings (SSSR count). The quantitative estimate of drug-likeness (QED) is 0.762. The topological polar surface area (TPSA) is 58.2 Å². The summed E-state index contributed by atoms with van der Waals surface area (Å²) in [6.45, 7) is 4.61. The molecule has 0 amide bonds. The lowest BCUT2D eigenvalue weighted by molar-refractivity contribution is 0.597. The van der Waals surface area contributed by atoms with Gasteiger partial charge in [0.2, 0.25) is 10.0 Å². The van der Waals surface area contributed by atoms with E-state index in [-0.39, 0.29) is 11.4 Å². The number of hydrogen-bond acceptors (Lipinski definition) is 3. The molecular formula is C11H17FN2O2S. The summed E-state index contributed by atoms with van der Waals surface area (Å²) in [5.41, 5.74) is 0.741. The van der Waals surface area contributed by atoms with E-state index in [2.05, 4.69) is 10.0 Å². The van der Waals surface area contributed by atoms with Gasteiger partial charge in [-0.2, -0.15) is 0 Å². The van der Waals surface area contributed by atoms with Crippen LogP contribution in [0.2, 0.25) is 0 Å². The number of sulfonamides is 1. The van der Waals surface area contributed by atoms with Gasteiger partial charge in [-0.05, 0) is 31.2 Å². The summed E-state index contributed by atoms with van der Waals surface area (Å²) in [5, 5.41) is 2.92. The molecule has 2 N–H and O–H groups in total. The van der Waals surface area contributed by atoms with Crippen molar-refractivity contribution < 1.29 is 12.8 Å². The second-order valence-corrected chi connectivity index (χ2v) is 5.58. The highest BCUT2D eigenvalue weighted by atomic mass is 32.2. The number of anilines is 1. The van der Waals surface area contributed by atoms with Crippen LogP contribution in [0.5, 0.6) is 0 Å². The van der Waals surface area contributed by atoms with Crippen LogP contribution in [-0.2, 0) is 10.0 Å². The monoisotopic (exact) mass is 260 g/mol. The van der Waals surface area contributed by atoms with Crippen LogP contribution < -0.4 is 10.0 Å². The van der Waals surface area contributed by atoms with Gasteiger partial charge in [0.1, 0.15) is 5.82 Å². The zero-order valence-corrected chi connectivity index (χ0v) is 10.8. The van der Waals surface area contributed by atoms with Crippen molar-refractivity contribution in [1.29, 1.82) is 0 Å². The first-order valence-corrected chi connectivity index (χ1v) is 7.07. The van der Waals surface area contributed by atoms with E-state index in [0.717, 1.165) is 0 Å². The summed E-state index contributed by atoms with van der Waals surface area (Å²) >= 11 is 0. The van der Waals surface area contributed by atoms with E-state index in [1.54, 1.807) is 13.0 Å². The lowest BCUT2D eigenvalue weighted by atomic mass is 10.2. The highest BCUT2D eigenvalue weighted by molar-refractivity contribution is 7.92. The average molecular weight is 260 g/mol. The number of aryl methyl sites for hydroxylation is 1. The van der Waals surface area contributed by atoms with Gasteiger partial charge >= 0.3 is 0 Å². The number of hydrogen-bond donors (Lipinski definition) is 2. The summed E-state index contributed by atoms with van der Waals surface area (Å²) in [4.78, 5) is 0. The summed E-state index contributed by atoms with van der Waals surface area (Å²) in [6.07, 6.45) is 0. The van der Waals surface area contributed by atoms with Gasteiger partial charge in [0.25, 0.3) is 0 Å². The van der Waals surface area contributed by atoms with Crippen LogP contribution in [0.4, 0.5) is 10.1 Å². The van der Waals surface area contributed by atoms with Crippen LogP contribution in [0.25, 0.3) is 0 Å². The molecule has 0 heterocycles. The van der Waals surface area contributed by atoms with Crippen LogP contribution in [-0.4, -0.2) is 27.3 Å². The zero-order valence-electron chi connectivity index (χ0n) is 9.96. The van der Waals surface area contributed by atoms with Crippen molar-refractivity contribution in [3.63, 3.8) is 0 Å². The summed E-state index contributed by atoms with van der Waals surface area (Å²) in [6, 6.07) is 4.26. The van der Waals surface area contributed by atoms with Crippen molar-refractivity contribution in [2.75, 3.05) is 23.6 Å². The molecule has 0 unspecified atom stereocenters. The molecule has 0 aliphatic rings. The maximum Gasteiger partial charge on any atom is 0.233 e. The second kappa shape index (κ2) is 5.97. The predicted molar refractivity (Wildman–Crippen MR) is 67.1 cm³/mol. The van der Waals surface area contributed by atoms with Gasteiger partial charge in [0, 0.05) is 6.54 Å². The van der Waals surface area contributed by atoms with Gasteiger partial charge < -0.3 is 5.32 Å². The third-order valence-corrected chi connectivity index (χ3v) is 3.53. The number of halogens is 1. The maximum absolute atomic E-state index is 13.2. The van der Waals surface area contributed by atoms with Crippen LogP contribution in [0.3, 0.4) is 0 Å². The third kappa shape index (κ3) is 4.70. The fraction of sp³-hybridized carbons (Fsp3) is 0.455. The molecule has 96 valence electrons. The van der Waals surface area contributed by atoms with Gasteiger partial charge in [-0.25, -0.2) is 12.8 Å². The molecule has 0 aliphatic carbocycles. The van der Waals surface area contributed by atoms with Crippen LogP contribution >= 0.6 is 0 Å². The van der Waals surface area contributed by atoms with Gasteiger partial charge in [-0.3, -0.25) is 4.72 Å². The Labute approximate surface area is 101 Å². The second-order valence-electron chi connectivity index (χ2n) is 3.74. The Bertz CT molecular complexity index is 474. The van der Waals surface area contributed by atoms with Gasteiger partial charge in [-0.1, -0.05) is 13.0 Å². The van der Waals surface area contributed by atoms with Crippen LogP contribution in [0.15, 0.2) is 18.2 Å². The van der Waals surface area contributed by atoms with Gasteiger partial charge in [0.05, 0.1) is 11.4 Å². The van der Waals surface area contributed by atoms with Crippen molar-refractivity contribution in [1.82, 2.24) is 5.32 Å². The number of benzene rings is 1. The largest absolute Gasteiger partial charge is 0.316 e. The summed E-state index contributed by atoms with van der Waals surface area (Å²) < 4.78 is 38.7. The zero-order chi connectivity index (χ0) is 12.9. The van der Waals surface area contributed by atoms with E-state index in [1.165, 1.54) is 12.1 Å². The molecule has 0 spiro atoms. The minimum atomic E-state index is -3.42. The van der Waals surface area contributed by atoms with E-state index in [9.17, 15) is 12.8 Å². The van der Waals surface area contributed by atoms with Crippen molar-refractivity contribution in [2.45, 2.75) is 13.8 Å². The van der Waals surface area contributed by atoms with E-state index in [0.29, 0.717) is 18.7 Å². The molecule has 0 saturated carbocycles. The Hall–Kier alpha value is -1.14.